The van der Waals surface area contributed by atoms with Crippen molar-refractivity contribution >= 4 is 0 Å². The number of hydrogen-bond donors (Lipinski definition) is 1. The van der Waals surface area contributed by atoms with Crippen molar-refractivity contribution in [2.45, 2.75) is 31.5 Å². The highest BCUT2D eigenvalue weighted by atomic mass is 19.4. The number of alkyl halides is 3. The van der Waals surface area contributed by atoms with E-state index in [1.807, 2.05) is 0 Å². The molecule has 0 aromatic heterocycles. The average Bonchev–Trinajstić information content (AvgIpc) is 2.13. The van der Waals surface area contributed by atoms with Crippen molar-refractivity contribution in [3.63, 3.8) is 0 Å². The first-order valence-corrected chi connectivity index (χ1v) is 5.34. The fraction of sp³-hybridized carbons (Fsp3) is 0.500. The maximum atomic E-state index is 12.7. The Balaban J connectivity index is 2.32. The van der Waals surface area contributed by atoms with E-state index in [1.165, 1.54) is 18.2 Å². The van der Waals surface area contributed by atoms with Gasteiger partial charge in [0.15, 0.2) is 0 Å². The maximum absolute atomic E-state index is 12.7. The van der Waals surface area contributed by atoms with Gasteiger partial charge in [0.1, 0.15) is 0 Å². The summed E-state index contributed by atoms with van der Waals surface area (Å²) >= 11 is 0. The summed E-state index contributed by atoms with van der Waals surface area (Å²) in [6, 6.07) is 5.27. The van der Waals surface area contributed by atoms with Gasteiger partial charge in [0.25, 0.3) is 0 Å². The molecule has 88 valence electrons. The molecule has 1 atom stereocenters. The minimum absolute atomic E-state index is 0.0106. The van der Waals surface area contributed by atoms with E-state index >= 15 is 0 Å². The number of halogens is 3. The van der Waals surface area contributed by atoms with Crippen molar-refractivity contribution in [2.24, 2.45) is 5.92 Å². The molecule has 1 unspecified atom stereocenters. The summed E-state index contributed by atoms with van der Waals surface area (Å²) in [6.07, 6.45) is -2.75. The van der Waals surface area contributed by atoms with Crippen molar-refractivity contribution in [2.75, 3.05) is 0 Å². The van der Waals surface area contributed by atoms with Crippen LogP contribution in [-0.4, -0.2) is 5.11 Å². The zero-order valence-electron chi connectivity index (χ0n) is 8.67. The van der Waals surface area contributed by atoms with Crippen molar-refractivity contribution in [1.82, 2.24) is 0 Å². The van der Waals surface area contributed by atoms with Crippen LogP contribution in [-0.2, 0) is 6.18 Å². The fourth-order valence-corrected chi connectivity index (χ4v) is 2.02. The Hall–Kier alpha value is -1.03. The molecule has 0 spiro atoms. The smallest absolute Gasteiger partial charge is 0.388 e. The second-order valence-corrected chi connectivity index (χ2v) is 4.22. The van der Waals surface area contributed by atoms with Gasteiger partial charge < -0.3 is 5.11 Å². The molecule has 0 amide bonds. The third-order valence-electron chi connectivity index (χ3n) is 3.18. The number of benzene rings is 1. The summed E-state index contributed by atoms with van der Waals surface area (Å²) < 4.78 is 38.0. The van der Waals surface area contributed by atoms with Crippen LogP contribution in [0.25, 0.3) is 0 Å². The molecule has 1 aliphatic rings. The van der Waals surface area contributed by atoms with Crippen LogP contribution in [0, 0.1) is 5.92 Å². The van der Waals surface area contributed by atoms with Crippen LogP contribution in [0.2, 0.25) is 0 Å². The first-order chi connectivity index (χ1) is 7.50. The van der Waals surface area contributed by atoms with Gasteiger partial charge in [0.2, 0.25) is 0 Å². The highest BCUT2D eigenvalue weighted by Gasteiger charge is 2.37. The molecule has 1 saturated carbocycles. The lowest BCUT2D eigenvalue weighted by Gasteiger charge is -2.31. The van der Waals surface area contributed by atoms with Crippen LogP contribution in [0.1, 0.15) is 36.5 Å². The molecular weight excluding hydrogens is 217 g/mol. The maximum Gasteiger partial charge on any atom is 0.416 e. The first-order valence-electron chi connectivity index (χ1n) is 5.34. The van der Waals surface area contributed by atoms with Gasteiger partial charge in [-0.25, -0.2) is 0 Å². The van der Waals surface area contributed by atoms with Crippen LogP contribution < -0.4 is 0 Å². The Kier molecular flexibility index (Phi) is 2.93. The third-order valence-corrected chi connectivity index (χ3v) is 3.18. The summed E-state index contributed by atoms with van der Waals surface area (Å²) in [5.74, 6) is -0.0106. The van der Waals surface area contributed by atoms with E-state index in [2.05, 4.69) is 0 Å². The lowest BCUT2D eigenvalue weighted by atomic mass is 9.78. The van der Waals surface area contributed by atoms with Gasteiger partial charge in [-0.15, -0.1) is 0 Å². The van der Waals surface area contributed by atoms with Crippen LogP contribution in [0.5, 0.6) is 0 Å². The summed E-state index contributed by atoms with van der Waals surface area (Å²) in [4.78, 5) is 0. The van der Waals surface area contributed by atoms with E-state index in [1.54, 1.807) is 0 Å². The molecule has 1 nitrogen and oxygen atoms in total. The van der Waals surface area contributed by atoms with Gasteiger partial charge in [0.05, 0.1) is 11.7 Å². The van der Waals surface area contributed by atoms with Gasteiger partial charge in [-0.3, -0.25) is 0 Å². The van der Waals surface area contributed by atoms with Crippen molar-refractivity contribution in [3.05, 3.63) is 35.4 Å². The largest absolute Gasteiger partial charge is 0.416 e. The van der Waals surface area contributed by atoms with E-state index in [0.717, 1.165) is 25.3 Å². The summed E-state index contributed by atoms with van der Waals surface area (Å²) in [7, 11) is 0. The number of aliphatic hydroxyl groups is 1. The first kappa shape index (κ1) is 11.5. The standard InChI is InChI=1S/C12H13F3O/c13-12(14,15)10-7-2-1-6-9(10)11(16)8-4-3-5-8/h1-2,6-8,11,16H,3-5H2. The molecule has 16 heavy (non-hydrogen) atoms. The molecule has 1 aromatic rings. The molecule has 0 aliphatic heterocycles. The van der Waals surface area contributed by atoms with Gasteiger partial charge in [-0.2, -0.15) is 13.2 Å². The third kappa shape index (κ3) is 2.07. The normalized spacial score (nSPS) is 19.2. The molecule has 1 aromatic carbocycles. The second-order valence-electron chi connectivity index (χ2n) is 4.22. The SMILES string of the molecule is OC(c1ccccc1C(F)(F)F)C1CCC1. The van der Waals surface area contributed by atoms with Gasteiger partial charge in [-0.1, -0.05) is 24.6 Å². The second kappa shape index (κ2) is 4.09. The van der Waals surface area contributed by atoms with Crippen molar-refractivity contribution in [3.8, 4) is 0 Å². The zero-order chi connectivity index (χ0) is 11.8. The van der Waals surface area contributed by atoms with Crippen LogP contribution in [0.4, 0.5) is 13.2 Å². The molecule has 0 radical (unpaired) electrons. The summed E-state index contributed by atoms with van der Waals surface area (Å²) in [6.45, 7) is 0. The van der Waals surface area contributed by atoms with E-state index in [0.29, 0.717) is 0 Å². The minimum Gasteiger partial charge on any atom is -0.388 e. The highest BCUT2D eigenvalue weighted by Crippen LogP contribution is 2.42. The quantitative estimate of drug-likeness (QED) is 0.823. The predicted molar refractivity (Wildman–Crippen MR) is 53.7 cm³/mol. The fourth-order valence-electron chi connectivity index (χ4n) is 2.02. The Bertz CT molecular complexity index is 369. The molecule has 1 fully saturated rings. The zero-order valence-corrected chi connectivity index (χ0v) is 8.67. The molecular formula is C12H13F3O. The van der Waals surface area contributed by atoms with E-state index < -0.39 is 17.8 Å². The summed E-state index contributed by atoms with van der Waals surface area (Å²) in [5.41, 5.74) is -0.700. The van der Waals surface area contributed by atoms with Gasteiger partial charge >= 0.3 is 6.18 Å². The van der Waals surface area contributed by atoms with Crippen LogP contribution in [0.15, 0.2) is 24.3 Å². The molecule has 1 aliphatic carbocycles. The van der Waals surface area contributed by atoms with E-state index in [-0.39, 0.29) is 11.5 Å². The highest BCUT2D eigenvalue weighted by molar-refractivity contribution is 5.32. The number of rotatable bonds is 2. The number of hydrogen-bond acceptors (Lipinski definition) is 1. The van der Waals surface area contributed by atoms with Crippen LogP contribution >= 0.6 is 0 Å². The molecule has 0 heterocycles. The lowest BCUT2D eigenvalue weighted by molar-refractivity contribution is -0.139. The van der Waals surface area contributed by atoms with E-state index in [9.17, 15) is 18.3 Å². The van der Waals surface area contributed by atoms with Crippen molar-refractivity contribution in [1.29, 1.82) is 0 Å². The summed E-state index contributed by atoms with van der Waals surface area (Å²) in [5, 5.41) is 9.88. The molecule has 1 N–H and O–H groups in total. The minimum atomic E-state index is -4.39. The predicted octanol–water partition coefficient (Wildman–Crippen LogP) is 3.54. The Morgan fingerprint density at radius 1 is 1.19 bits per heavy atom. The Morgan fingerprint density at radius 3 is 2.31 bits per heavy atom. The molecule has 2 rings (SSSR count). The Labute approximate surface area is 91.9 Å². The van der Waals surface area contributed by atoms with Crippen LogP contribution in [0.3, 0.4) is 0 Å². The average molecular weight is 230 g/mol. The molecule has 0 bridgehead atoms. The van der Waals surface area contributed by atoms with Gasteiger partial charge in [0, 0.05) is 0 Å². The number of aliphatic hydroxyl groups excluding tert-OH is 1. The topological polar surface area (TPSA) is 20.2 Å². The Morgan fingerprint density at radius 2 is 1.81 bits per heavy atom. The molecule has 4 heteroatoms. The van der Waals surface area contributed by atoms with E-state index in [4.69, 9.17) is 0 Å². The molecule has 0 saturated heterocycles. The van der Waals surface area contributed by atoms with Crippen molar-refractivity contribution < 1.29 is 18.3 Å². The lowest BCUT2D eigenvalue weighted by Crippen LogP contribution is -2.22. The van der Waals surface area contributed by atoms with Gasteiger partial charge in [-0.05, 0) is 30.4 Å². The monoisotopic (exact) mass is 230 g/mol.